The molecule has 0 saturated carbocycles. The lowest BCUT2D eigenvalue weighted by Crippen LogP contribution is -2.20. The predicted molar refractivity (Wildman–Crippen MR) is 106 cm³/mol. The highest BCUT2D eigenvalue weighted by Crippen LogP contribution is 2.23. The molecule has 4 rings (SSSR count). The van der Waals surface area contributed by atoms with Gasteiger partial charge >= 0.3 is 0 Å². The molecule has 2 heterocycles. The molecule has 5 nitrogen and oxygen atoms in total. The Morgan fingerprint density at radius 2 is 2.11 bits per heavy atom. The van der Waals surface area contributed by atoms with Crippen molar-refractivity contribution in [3.63, 3.8) is 0 Å². The van der Waals surface area contributed by atoms with Gasteiger partial charge in [-0.05, 0) is 31.2 Å². The zero-order valence-corrected chi connectivity index (χ0v) is 16.4. The molecule has 144 valence electrons. The first kappa shape index (κ1) is 18.9. The number of carbonyl (C=O) groups excluding carboxylic acids is 1. The van der Waals surface area contributed by atoms with Crippen molar-refractivity contribution in [3.8, 4) is 0 Å². The Balaban J connectivity index is 1.82. The van der Waals surface area contributed by atoms with Crippen LogP contribution in [0.4, 0.5) is 8.78 Å². The molecule has 2 aromatic carbocycles. The lowest BCUT2D eigenvalue weighted by atomic mass is 10.2. The standard InChI is InChI=1S/C19H15F2N3O2S2/c1-2-26-6-5-24-17-13(21)8-12(20)9-16(17)28-19(24)23-18(25)11-3-4-14-15(7-11)27-10-22-14/h3-4,7-10H,2,5-6H2,1H3. The minimum absolute atomic E-state index is 0.218. The third kappa shape index (κ3) is 3.60. The van der Waals surface area contributed by atoms with Crippen LogP contribution in [-0.4, -0.2) is 28.7 Å². The van der Waals surface area contributed by atoms with Crippen molar-refractivity contribution in [2.75, 3.05) is 13.2 Å². The third-order valence-electron chi connectivity index (χ3n) is 4.13. The zero-order valence-electron chi connectivity index (χ0n) is 14.8. The maximum atomic E-state index is 14.4. The zero-order chi connectivity index (χ0) is 19.7. The van der Waals surface area contributed by atoms with E-state index in [0.717, 1.165) is 27.6 Å². The second-order valence-electron chi connectivity index (χ2n) is 5.92. The molecule has 28 heavy (non-hydrogen) atoms. The summed E-state index contributed by atoms with van der Waals surface area (Å²) in [6.07, 6.45) is 0. The Labute approximate surface area is 166 Å². The summed E-state index contributed by atoms with van der Waals surface area (Å²) in [4.78, 5) is 21.4. The largest absolute Gasteiger partial charge is 0.380 e. The van der Waals surface area contributed by atoms with Gasteiger partial charge in [0.15, 0.2) is 10.6 Å². The van der Waals surface area contributed by atoms with E-state index in [4.69, 9.17) is 4.74 Å². The number of fused-ring (bicyclic) bond motifs is 2. The SMILES string of the molecule is CCOCCn1c(=NC(=O)c2ccc3ncsc3c2)sc2cc(F)cc(F)c21. The normalized spacial score (nSPS) is 12.3. The fourth-order valence-electron chi connectivity index (χ4n) is 2.86. The smallest absolute Gasteiger partial charge is 0.279 e. The van der Waals surface area contributed by atoms with Crippen molar-refractivity contribution in [2.45, 2.75) is 13.5 Å². The molecule has 0 radical (unpaired) electrons. The molecule has 0 atom stereocenters. The minimum atomic E-state index is -0.692. The maximum Gasteiger partial charge on any atom is 0.279 e. The van der Waals surface area contributed by atoms with Crippen LogP contribution in [0.3, 0.4) is 0 Å². The van der Waals surface area contributed by atoms with Crippen LogP contribution in [0.15, 0.2) is 40.8 Å². The molecule has 1 amide bonds. The van der Waals surface area contributed by atoms with Crippen LogP contribution in [0, 0.1) is 11.6 Å². The lowest BCUT2D eigenvalue weighted by molar-refractivity contribution is 0.0996. The molecule has 2 aromatic heterocycles. The molecule has 4 aromatic rings. The molecule has 0 saturated heterocycles. The van der Waals surface area contributed by atoms with Crippen LogP contribution < -0.4 is 4.80 Å². The number of ether oxygens (including phenoxy) is 1. The number of benzene rings is 2. The average molecular weight is 419 g/mol. The Bertz CT molecular complexity index is 1240. The van der Waals surface area contributed by atoms with Gasteiger partial charge in [0.05, 0.1) is 32.6 Å². The van der Waals surface area contributed by atoms with Gasteiger partial charge in [0.1, 0.15) is 5.82 Å². The van der Waals surface area contributed by atoms with Crippen molar-refractivity contribution in [3.05, 3.63) is 57.8 Å². The van der Waals surface area contributed by atoms with E-state index in [1.165, 1.54) is 17.4 Å². The number of thiazole rings is 2. The molecule has 0 bridgehead atoms. The number of nitrogens with zero attached hydrogens (tertiary/aromatic N) is 3. The molecule has 0 aliphatic rings. The summed E-state index contributed by atoms with van der Waals surface area (Å²) in [6, 6.07) is 7.23. The molecule has 0 fully saturated rings. The number of carbonyl (C=O) groups is 1. The number of hydrogen-bond donors (Lipinski definition) is 0. The van der Waals surface area contributed by atoms with Crippen LogP contribution in [-0.2, 0) is 11.3 Å². The van der Waals surface area contributed by atoms with Gasteiger partial charge in [-0.1, -0.05) is 11.3 Å². The van der Waals surface area contributed by atoms with E-state index < -0.39 is 17.5 Å². The minimum Gasteiger partial charge on any atom is -0.380 e. The van der Waals surface area contributed by atoms with Gasteiger partial charge in [-0.3, -0.25) is 4.79 Å². The summed E-state index contributed by atoms with van der Waals surface area (Å²) >= 11 is 2.50. The van der Waals surface area contributed by atoms with Gasteiger partial charge in [-0.15, -0.1) is 11.3 Å². The van der Waals surface area contributed by atoms with E-state index in [-0.39, 0.29) is 5.52 Å². The Kier molecular flexibility index (Phi) is 5.29. The molecule has 9 heteroatoms. The summed E-state index contributed by atoms with van der Waals surface area (Å²) in [5.74, 6) is -1.81. The van der Waals surface area contributed by atoms with Crippen molar-refractivity contribution >= 4 is 49.0 Å². The number of halogens is 2. The van der Waals surface area contributed by atoms with E-state index in [1.54, 1.807) is 28.3 Å². The van der Waals surface area contributed by atoms with Crippen LogP contribution in [0.25, 0.3) is 20.4 Å². The fourth-order valence-corrected chi connectivity index (χ4v) is 4.67. The van der Waals surface area contributed by atoms with E-state index in [9.17, 15) is 13.6 Å². The Hall–Kier alpha value is -2.49. The first-order valence-corrected chi connectivity index (χ1v) is 10.2. The average Bonchev–Trinajstić information content (AvgIpc) is 3.26. The highest BCUT2D eigenvalue weighted by molar-refractivity contribution is 7.17. The first-order valence-electron chi connectivity index (χ1n) is 8.55. The quantitative estimate of drug-likeness (QED) is 0.452. The fraction of sp³-hybridized carbons (Fsp3) is 0.211. The summed E-state index contributed by atoms with van der Waals surface area (Å²) < 4.78 is 36.2. The van der Waals surface area contributed by atoms with Gasteiger partial charge in [0.2, 0.25) is 0 Å². The van der Waals surface area contributed by atoms with E-state index in [0.29, 0.717) is 34.8 Å². The number of aromatic nitrogens is 2. The number of hydrogen-bond acceptors (Lipinski definition) is 5. The second kappa shape index (κ2) is 7.86. The van der Waals surface area contributed by atoms with Crippen LogP contribution in [0.1, 0.15) is 17.3 Å². The highest BCUT2D eigenvalue weighted by atomic mass is 32.1. The number of rotatable bonds is 5. The maximum absolute atomic E-state index is 14.4. The summed E-state index contributed by atoms with van der Waals surface area (Å²) in [6.45, 7) is 3.00. The van der Waals surface area contributed by atoms with Crippen molar-refractivity contribution in [2.24, 2.45) is 4.99 Å². The Morgan fingerprint density at radius 3 is 2.93 bits per heavy atom. The predicted octanol–water partition coefficient (Wildman–Crippen LogP) is 4.37. The monoisotopic (exact) mass is 419 g/mol. The topological polar surface area (TPSA) is 56.5 Å². The van der Waals surface area contributed by atoms with Gasteiger partial charge in [-0.25, -0.2) is 13.8 Å². The molecular formula is C19H15F2N3O2S2. The van der Waals surface area contributed by atoms with Gasteiger partial charge < -0.3 is 9.30 Å². The van der Waals surface area contributed by atoms with Gasteiger partial charge in [0.25, 0.3) is 5.91 Å². The molecule has 0 aliphatic carbocycles. The third-order valence-corrected chi connectivity index (χ3v) is 5.95. The molecule has 0 spiro atoms. The van der Waals surface area contributed by atoms with Gasteiger partial charge in [-0.2, -0.15) is 4.99 Å². The van der Waals surface area contributed by atoms with Crippen molar-refractivity contribution in [1.82, 2.24) is 9.55 Å². The Morgan fingerprint density at radius 1 is 1.25 bits per heavy atom. The molecule has 0 unspecified atom stereocenters. The van der Waals surface area contributed by atoms with Crippen LogP contribution >= 0.6 is 22.7 Å². The van der Waals surface area contributed by atoms with Crippen molar-refractivity contribution in [1.29, 1.82) is 0 Å². The van der Waals surface area contributed by atoms with E-state index in [2.05, 4.69) is 9.98 Å². The summed E-state index contributed by atoms with van der Waals surface area (Å²) in [7, 11) is 0. The number of amides is 1. The summed E-state index contributed by atoms with van der Waals surface area (Å²) in [5, 5.41) is 0. The highest BCUT2D eigenvalue weighted by Gasteiger charge is 2.15. The first-order chi connectivity index (χ1) is 13.6. The second-order valence-corrected chi connectivity index (χ2v) is 7.81. The van der Waals surface area contributed by atoms with E-state index >= 15 is 0 Å². The van der Waals surface area contributed by atoms with E-state index in [1.807, 2.05) is 6.92 Å². The van der Waals surface area contributed by atoms with Crippen molar-refractivity contribution < 1.29 is 18.3 Å². The molecule has 0 aliphatic heterocycles. The lowest BCUT2D eigenvalue weighted by Gasteiger charge is -2.06. The summed E-state index contributed by atoms with van der Waals surface area (Å²) in [5.41, 5.74) is 3.15. The molecular weight excluding hydrogens is 404 g/mol. The molecule has 0 N–H and O–H groups in total. The van der Waals surface area contributed by atoms with Crippen LogP contribution in [0.5, 0.6) is 0 Å². The van der Waals surface area contributed by atoms with Crippen LogP contribution in [0.2, 0.25) is 0 Å². The van der Waals surface area contributed by atoms with Gasteiger partial charge in [0, 0.05) is 24.8 Å².